The molecule has 0 unspecified atom stereocenters. The maximum Gasteiger partial charge on any atom is 0.257 e. The lowest BCUT2D eigenvalue weighted by molar-refractivity contribution is -0.117. The molecule has 0 aromatic heterocycles. The summed E-state index contributed by atoms with van der Waals surface area (Å²) in [6.07, 6.45) is 0.196. The Morgan fingerprint density at radius 2 is 1.83 bits per heavy atom. The number of benzene rings is 2. The molecule has 1 fully saturated rings. The Kier molecular flexibility index (Phi) is 6.56. The quantitative estimate of drug-likeness (QED) is 0.530. The highest BCUT2D eigenvalue weighted by Gasteiger charge is 2.21. The Hall–Kier alpha value is -3.26. The second-order valence-electron chi connectivity index (χ2n) is 7.02. The molecule has 2 amide bonds. The largest absolute Gasteiger partial charge is 0.397 e. The first-order chi connectivity index (χ1) is 13.9. The predicted molar refractivity (Wildman–Crippen MR) is 115 cm³/mol. The molecule has 1 saturated heterocycles. The van der Waals surface area contributed by atoms with E-state index < -0.39 is 5.91 Å². The Morgan fingerprint density at radius 3 is 2.48 bits per heavy atom. The third-order valence-electron chi connectivity index (χ3n) is 4.76. The van der Waals surface area contributed by atoms with Crippen LogP contribution in [0.4, 0.5) is 22.7 Å². The third kappa shape index (κ3) is 5.39. The van der Waals surface area contributed by atoms with E-state index in [0.717, 1.165) is 16.9 Å². The summed E-state index contributed by atoms with van der Waals surface area (Å²) in [5.41, 5.74) is 15.6. The number of nitrogen functional groups attached to an aromatic ring is 1. The van der Waals surface area contributed by atoms with Crippen LogP contribution in [0.1, 0.15) is 22.3 Å². The van der Waals surface area contributed by atoms with E-state index in [4.69, 9.17) is 16.2 Å². The van der Waals surface area contributed by atoms with Gasteiger partial charge in [0.2, 0.25) is 5.91 Å². The number of anilines is 4. The Labute approximate surface area is 170 Å². The molecule has 0 saturated carbocycles. The van der Waals surface area contributed by atoms with Gasteiger partial charge in [0.05, 0.1) is 35.8 Å². The van der Waals surface area contributed by atoms with Crippen molar-refractivity contribution in [2.24, 2.45) is 5.73 Å². The molecule has 8 heteroatoms. The van der Waals surface area contributed by atoms with Gasteiger partial charge >= 0.3 is 0 Å². The molecule has 2 aromatic rings. The molecule has 0 aliphatic carbocycles. The fourth-order valence-corrected chi connectivity index (χ4v) is 3.16. The molecule has 29 heavy (non-hydrogen) atoms. The van der Waals surface area contributed by atoms with Crippen molar-refractivity contribution in [2.45, 2.75) is 13.3 Å². The second kappa shape index (κ2) is 9.29. The zero-order valence-electron chi connectivity index (χ0n) is 16.5. The molecule has 0 atom stereocenters. The fraction of sp³-hybridized carbons (Fsp3) is 0.333. The number of hydrogen-bond donors (Lipinski definition) is 4. The lowest BCUT2D eigenvalue weighted by Crippen LogP contribution is -2.37. The van der Waals surface area contributed by atoms with Crippen LogP contribution in [0.25, 0.3) is 0 Å². The number of nitrogens with zero attached hydrogens (tertiary/aromatic N) is 1. The van der Waals surface area contributed by atoms with Crippen molar-refractivity contribution in [3.05, 3.63) is 47.5 Å². The van der Waals surface area contributed by atoms with Gasteiger partial charge in [0.25, 0.3) is 5.91 Å². The van der Waals surface area contributed by atoms with Crippen LogP contribution >= 0.6 is 0 Å². The molecule has 1 heterocycles. The van der Waals surface area contributed by atoms with Gasteiger partial charge in [-0.1, -0.05) is 17.7 Å². The van der Waals surface area contributed by atoms with Gasteiger partial charge in [0, 0.05) is 31.7 Å². The number of nitrogens with two attached hydrogens (primary N) is 2. The molecular formula is C21H27N5O3. The maximum absolute atomic E-state index is 13.0. The van der Waals surface area contributed by atoms with E-state index in [1.54, 1.807) is 6.07 Å². The number of amides is 2. The van der Waals surface area contributed by atoms with Gasteiger partial charge < -0.3 is 31.7 Å². The van der Waals surface area contributed by atoms with Crippen LogP contribution in [0, 0.1) is 6.92 Å². The van der Waals surface area contributed by atoms with Crippen molar-refractivity contribution in [3.8, 4) is 0 Å². The lowest BCUT2D eigenvalue weighted by Gasteiger charge is -2.31. The topological polar surface area (TPSA) is 123 Å². The highest BCUT2D eigenvalue weighted by Crippen LogP contribution is 2.31. The molecule has 2 aromatic carbocycles. The van der Waals surface area contributed by atoms with Gasteiger partial charge in [-0.3, -0.25) is 9.59 Å². The number of carbonyl (C=O) groups is 2. The zero-order valence-corrected chi connectivity index (χ0v) is 16.5. The summed E-state index contributed by atoms with van der Waals surface area (Å²) >= 11 is 0. The van der Waals surface area contributed by atoms with Crippen molar-refractivity contribution in [3.63, 3.8) is 0 Å². The van der Waals surface area contributed by atoms with Crippen molar-refractivity contribution in [1.29, 1.82) is 0 Å². The summed E-state index contributed by atoms with van der Waals surface area (Å²) in [6, 6.07) is 11.1. The summed E-state index contributed by atoms with van der Waals surface area (Å²) in [5, 5.41) is 6.07. The van der Waals surface area contributed by atoms with Crippen LogP contribution in [0.5, 0.6) is 0 Å². The van der Waals surface area contributed by atoms with Crippen LogP contribution in [0.3, 0.4) is 0 Å². The highest BCUT2D eigenvalue weighted by atomic mass is 16.5. The van der Waals surface area contributed by atoms with Gasteiger partial charge in [-0.2, -0.15) is 0 Å². The molecule has 0 spiro atoms. The SMILES string of the molecule is Cc1ccc(NC(=O)c2cc(N)c(NCCC(N)=O)cc2N2CCOCC2)cc1. The van der Waals surface area contributed by atoms with Gasteiger partial charge in [0.15, 0.2) is 0 Å². The molecule has 154 valence electrons. The van der Waals surface area contributed by atoms with E-state index in [1.165, 1.54) is 0 Å². The van der Waals surface area contributed by atoms with E-state index in [2.05, 4.69) is 15.5 Å². The van der Waals surface area contributed by atoms with E-state index >= 15 is 0 Å². The molecule has 1 aliphatic heterocycles. The molecule has 0 radical (unpaired) electrons. The van der Waals surface area contributed by atoms with Crippen molar-refractivity contribution in [2.75, 3.05) is 54.1 Å². The van der Waals surface area contributed by atoms with Crippen molar-refractivity contribution >= 4 is 34.6 Å². The summed E-state index contributed by atoms with van der Waals surface area (Å²) in [7, 11) is 0. The number of primary amides is 1. The number of aryl methyl sites for hydroxylation is 1. The fourth-order valence-electron chi connectivity index (χ4n) is 3.16. The van der Waals surface area contributed by atoms with Gasteiger partial charge in [0.1, 0.15) is 0 Å². The Bertz CT molecular complexity index is 877. The molecular weight excluding hydrogens is 370 g/mol. The van der Waals surface area contributed by atoms with Crippen LogP contribution < -0.4 is 27.0 Å². The van der Waals surface area contributed by atoms with Crippen molar-refractivity contribution in [1.82, 2.24) is 0 Å². The molecule has 6 N–H and O–H groups in total. The normalized spacial score (nSPS) is 13.8. The summed E-state index contributed by atoms with van der Waals surface area (Å²) < 4.78 is 5.44. The second-order valence-corrected chi connectivity index (χ2v) is 7.02. The minimum Gasteiger partial charge on any atom is -0.397 e. The minimum atomic E-state index is -0.390. The third-order valence-corrected chi connectivity index (χ3v) is 4.76. The number of hydrogen-bond acceptors (Lipinski definition) is 6. The predicted octanol–water partition coefficient (Wildman–Crippen LogP) is 1.95. The number of morpholine rings is 1. The number of nitrogens with one attached hydrogen (secondary N) is 2. The number of carbonyl (C=O) groups excluding carboxylic acids is 2. The highest BCUT2D eigenvalue weighted by molar-refractivity contribution is 6.09. The average Bonchev–Trinajstić information content (AvgIpc) is 2.71. The molecule has 3 rings (SSSR count). The van der Waals surface area contributed by atoms with Crippen LogP contribution in [0.2, 0.25) is 0 Å². The van der Waals surface area contributed by atoms with Gasteiger partial charge in [-0.05, 0) is 31.2 Å². The van der Waals surface area contributed by atoms with Crippen LogP contribution in [-0.4, -0.2) is 44.7 Å². The monoisotopic (exact) mass is 397 g/mol. The maximum atomic E-state index is 13.0. The van der Waals surface area contributed by atoms with Crippen LogP contribution in [-0.2, 0) is 9.53 Å². The van der Waals surface area contributed by atoms with Gasteiger partial charge in [-0.25, -0.2) is 0 Å². The Balaban J connectivity index is 1.88. The van der Waals surface area contributed by atoms with E-state index in [-0.39, 0.29) is 12.3 Å². The van der Waals surface area contributed by atoms with Crippen LogP contribution in [0.15, 0.2) is 36.4 Å². The molecule has 8 nitrogen and oxygen atoms in total. The molecule has 1 aliphatic rings. The smallest absolute Gasteiger partial charge is 0.257 e. The Morgan fingerprint density at radius 1 is 1.14 bits per heavy atom. The average molecular weight is 397 g/mol. The molecule has 0 bridgehead atoms. The van der Waals surface area contributed by atoms with Crippen molar-refractivity contribution < 1.29 is 14.3 Å². The first kappa shape index (κ1) is 20.5. The summed E-state index contributed by atoms with van der Waals surface area (Å²) in [5.74, 6) is -0.621. The zero-order chi connectivity index (χ0) is 20.8. The van der Waals surface area contributed by atoms with Gasteiger partial charge in [-0.15, -0.1) is 0 Å². The van der Waals surface area contributed by atoms with E-state index in [0.29, 0.717) is 49.8 Å². The lowest BCUT2D eigenvalue weighted by atomic mass is 10.1. The minimum absolute atomic E-state index is 0.196. The standard InChI is InChI=1S/C21H27N5O3/c1-14-2-4-15(5-3-14)25-21(28)16-12-17(22)18(24-7-6-20(23)27)13-19(16)26-8-10-29-11-9-26/h2-5,12-13,24H,6-11,22H2,1H3,(H2,23,27)(H,25,28). The number of rotatable bonds is 7. The summed E-state index contributed by atoms with van der Waals surface area (Å²) in [4.78, 5) is 26.1. The first-order valence-electron chi connectivity index (χ1n) is 9.60. The first-order valence-corrected chi connectivity index (χ1v) is 9.60. The van der Waals surface area contributed by atoms with E-state index in [9.17, 15) is 9.59 Å². The number of ether oxygens (including phenoxy) is 1. The summed E-state index contributed by atoms with van der Waals surface area (Å²) in [6.45, 7) is 4.90. The van der Waals surface area contributed by atoms with E-state index in [1.807, 2.05) is 37.3 Å².